The van der Waals surface area contributed by atoms with Crippen LogP contribution in [-0.4, -0.2) is 32.7 Å². The van der Waals surface area contributed by atoms with Crippen molar-refractivity contribution < 1.29 is 14.2 Å². The van der Waals surface area contributed by atoms with Gasteiger partial charge in [-0.1, -0.05) is 30.8 Å². The summed E-state index contributed by atoms with van der Waals surface area (Å²) in [6, 6.07) is 14.4. The van der Waals surface area contributed by atoms with Gasteiger partial charge in [0, 0.05) is 36.0 Å². The number of nitriles is 2. The van der Waals surface area contributed by atoms with Crippen LogP contribution in [0.15, 0.2) is 40.1 Å². The van der Waals surface area contributed by atoms with E-state index in [1.165, 1.54) is 0 Å². The van der Waals surface area contributed by atoms with Crippen LogP contribution < -0.4 is 9.64 Å². The first-order valence-corrected chi connectivity index (χ1v) is 11.9. The maximum Gasteiger partial charge on any atom is 0.163 e. The van der Waals surface area contributed by atoms with Gasteiger partial charge >= 0.3 is 0 Å². The molecule has 0 spiro atoms. The Morgan fingerprint density at radius 3 is 2.44 bits per heavy atom. The fourth-order valence-electron chi connectivity index (χ4n) is 3.77. The number of benzene rings is 2. The van der Waals surface area contributed by atoms with Crippen molar-refractivity contribution in [1.82, 2.24) is 0 Å². The van der Waals surface area contributed by atoms with Crippen molar-refractivity contribution in [2.45, 2.75) is 56.1 Å². The van der Waals surface area contributed by atoms with Gasteiger partial charge in [-0.2, -0.15) is 10.5 Å². The first-order chi connectivity index (χ1) is 15.7. The van der Waals surface area contributed by atoms with Gasteiger partial charge in [0.15, 0.2) is 12.0 Å². The Bertz CT molecular complexity index is 1010. The zero-order valence-electron chi connectivity index (χ0n) is 18.9. The van der Waals surface area contributed by atoms with Gasteiger partial charge in [0.25, 0.3) is 0 Å². The van der Waals surface area contributed by atoms with Gasteiger partial charge in [-0.15, -0.1) is 0 Å². The van der Waals surface area contributed by atoms with Crippen LogP contribution in [0.1, 0.15) is 51.2 Å². The summed E-state index contributed by atoms with van der Waals surface area (Å²) < 4.78 is 17.4. The molecule has 6 nitrogen and oxygen atoms in total. The molecule has 0 unspecified atom stereocenters. The molecule has 32 heavy (non-hydrogen) atoms. The summed E-state index contributed by atoms with van der Waals surface area (Å²) in [5.74, 6) is 0.487. The molecule has 3 rings (SSSR count). The zero-order valence-corrected chi connectivity index (χ0v) is 19.7. The zero-order chi connectivity index (χ0) is 22.9. The molecule has 7 heteroatoms. The molecular weight excluding hydrogens is 422 g/mol. The van der Waals surface area contributed by atoms with E-state index in [9.17, 15) is 10.5 Å². The van der Waals surface area contributed by atoms with E-state index in [4.69, 9.17) is 14.2 Å². The minimum Gasteiger partial charge on any atom is -0.490 e. The van der Waals surface area contributed by atoms with Crippen molar-refractivity contribution >= 4 is 23.1 Å². The highest BCUT2D eigenvalue weighted by Crippen LogP contribution is 2.53. The molecule has 1 heterocycles. The molecule has 1 aliphatic rings. The predicted molar refractivity (Wildman–Crippen MR) is 126 cm³/mol. The largest absolute Gasteiger partial charge is 0.490 e. The molecule has 0 saturated carbocycles. The Morgan fingerprint density at radius 2 is 1.78 bits per heavy atom. The second kappa shape index (κ2) is 11.8. The summed E-state index contributed by atoms with van der Waals surface area (Å²) in [5, 5.41) is 19.6. The third kappa shape index (κ3) is 5.19. The molecular formula is C25H29N3O3S. The van der Waals surface area contributed by atoms with Crippen LogP contribution in [-0.2, 0) is 9.47 Å². The lowest BCUT2D eigenvalue weighted by Crippen LogP contribution is -2.23. The van der Waals surface area contributed by atoms with E-state index in [-0.39, 0.29) is 6.29 Å². The molecule has 0 saturated heterocycles. The number of nitrogens with zero attached hydrogens (tertiary/aromatic N) is 3. The molecule has 2 aromatic carbocycles. The Hall–Kier alpha value is -2.71. The lowest BCUT2D eigenvalue weighted by molar-refractivity contribution is -0.140. The third-order valence-electron chi connectivity index (χ3n) is 5.08. The molecule has 0 amide bonds. The highest BCUT2D eigenvalue weighted by molar-refractivity contribution is 7.99. The van der Waals surface area contributed by atoms with Crippen molar-refractivity contribution in [1.29, 1.82) is 10.5 Å². The van der Waals surface area contributed by atoms with E-state index in [2.05, 4.69) is 36.1 Å². The number of para-hydroxylation sites is 1. The van der Waals surface area contributed by atoms with Gasteiger partial charge in [-0.25, -0.2) is 0 Å². The summed E-state index contributed by atoms with van der Waals surface area (Å²) >= 11 is 1.61. The van der Waals surface area contributed by atoms with E-state index in [0.717, 1.165) is 34.1 Å². The fraction of sp³-hybridized carbons (Fsp3) is 0.440. The molecule has 0 aliphatic carbocycles. The lowest BCUT2D eigenvalue weighted by Gasteiger charge is -2.34. The number of fused-ring (bicyclic) bond motifs is 2. The lowest BCUT2D eigenvalue weighted by atomic mass is 10.0. The van der Waals surface area contributed by atoms with Crippen LogP contribution >= 0.6 is 11.8 Å². The van der Waals surface area contributed by atoms with E-state index < -0.39 is 0 Å². The molecule has 0 radical (unpaired) electrons. The minimum atomic E-state index is -0.262. The number of ether oxygens (including phenoxy) is 3. The first-order valence-electron chi connectivity index (χ1n) is 11.1. The van der Waals surface area contributed by atoms with Crippen molar-refractivity contribution in [3.63, 3.8) is 0 Å². The molecule has 0 bridgehead atoms. The van der Waals surface area contributed by atoms with Crippen LogP contribution in [0, 0.1) is 22.7 Å². The fourth-order valence-corrected chi connectivity index (χ4v) is 4.91. The second-order valence-electron chi connectivity index (χ2n) is 7.25. The van der Waals surface area contributed by atoms with Crippen molar-refractivity contribution in [2.24, 2.45) is 0 Å². The van der Waals surface area contributed by atoms with Crippen molar-refractivity contribution in [3.05, 3.63) is 41.5 Å². The number of hydrogen-bond donors (Lipinski definition) is 0. The summed E-state index contributed by atoms with van der Waals surface area (Å²) in [6.45, 7) is 8.38. The highest BCUT2D eigenvalue weighted by Gasteiger charge is 2.30. The monoisotopic (exact) mass is 451 g/mol. The SMILES string of the molecule is CCCN1c2ccccc2Sc2cc(C#N)c(C#N)c(OCCCC(OCC)OCC)c21. The second-order valence-corrected chi connectivity index (χ2v) is 8.33. The molecule has 0 N–H and O–H groups in total. The van der Waals surface area contributed by atoms with Crippen molar-refractivity contribution in [3.8, 4) is 17.9 Å². The standard InChI is InChI=1S/C25H29N3O3S/c1-4-13-28-20-10-7-8-11-21(20)32-22-15-18(16-26)19(17-27)25(24(22)28)31-14-9-12-23(29-5-2)30-6-3/h7-8,10-11,15,23H,4-6,9,12-14H2,1-3H3. The summed E-state index contributed by atoms with van der Waals surface area (Å²) in [6.07, 6.45) is 2.07. The van der Waals surface area contributed by atoms with Gasteiger partial charge in [-0.05, 0) is 44.9 Å². The van der Waals surface area contributed by atoms with Gasteiger partial charge in [0.2, 0.25) is 0 Å². The van der Waals surface area contributed by atoms with E-state index in [1.54, 1.807) is 11.8 Å². The van der Waals surface area contributed by atoms with E-state index in [1.807, 2.05) is 32.0 Å². The van der Waals surface area contributed by atoms with Crippen LogP contribution in [0.4, 0.5) is 11.4 Å². The molecule has 0 aromatic heterocycles. The Balaban J connectivity index is 1.94. The van der Waals surface area contributed by atoms with Crippen LogP contribution in [0.3, 0.4) is 0 Å². The number of anilines is 2. The van der Waals surface area contributed by atoms with Crippen molar-refractivity contribution in [2.75, 3.05) is 31.3 Å². The Labute approximate surface area is 194 Å². The normalized spacial score (nSPS) is 12.1. The molecule has 0 fully saturated rings. The maximum atomic E-state index is 9.88. The molecule has 0 atom stereocenters. The summed E-state index contributed by atoms with van der Waals surface area (Å²) in [5.41, 5.74) is 2.60. The minimum absolute atomic E-state index is 0.262. The topological polar surface area (TPSA) is 78.5 Å². The smallest absolute Gasteiger partial charge is 0.163 e. The van der Waals surface area contributed by atoms with E-state index in [0.29, 0.717) is 49.5 Å². The highest BCUT2D eigenvalue weighted by atomic mass is 32.2. The van der Waals surface area contributed by atoms with Gasteiger partial charge in [0.1, 0.15) is 17.7 Å². The van der Waals surface area contributed by atoms with E-state index >= 15 is 0 Å². The van der Waals surface area contributed by atoms with Crippen LogP contribution in [0.2, 0.25) is 0 Å². The average Bonchev–Trinajstić information content (AvgIpc) is 2.81. The molecule has 1 aliphatic heterocycles. The Morgan fingerprint density at radius 1 is 1.03 bits per heavy atom. The van der Waals surface area contributed by atoms with Gasteiger partial charge in [-0.3, -0.25) is 0 Å². The average molecular weight is 452 g/mol. The Kier molecular flexibility index (Phi) is 8.81. The summed E-state index contributed by atoms with van der Waals surface area (Å²) in [4.78, 5) is 4.27. The number of hydrogen-bond acceptors (Lipinski definition) is 7. The quantitative estimate of drug-likeness (QED) is 0.306. The summed E-state index contributed by atoms with van der Waals surface area (Å²) in [7, 11) is 0. The molecule has 2 aromatic rings. The number of rotatable bonds is 11. The molecule has 168 valence electrons. The first kappa shape index (κ1) is 23.9. The van der Waals surface area contributed by atoms with Crippen LogP contribution in [0.5, 0.6) is 5.75 Å². The third-order valence-corrected chi connectivity index (χ3v) is 6.18. The van der Waals surface area contributed by atoms with Gasteiger partial charge < -0.3 is 19.1 Å². The predicted octanol–water partition coefficient (Wildman–Crippen LogP) is 6.00. The van der Waals surface area contributed by atoms with Gasteiger partial charge in [0.05, 0.1) is 23.5 Å². The maximum absolute atomic E-state index is 9.88. The van der Waals surface area contributed by atoms with Crippen LogP contribution in [0.25, 0.3) is 0 Å².